The first kappa shape index (κ1) is 28.2. The van der Waals surface area contributed by atoms with Crippen molar-refractivity contribution in [2.24, 2.45) is 20.9 Å². The van der Waals surface area contributed by atoms with Crippen LogP contribution < -0.4 is 10.2 Å². The lowest BCUT2D eigenvalue weighted by atomic mass is 9.99. The summed E-state index contributed by atoms with van der Waals surface area (Å²) in [5.74, 6) is -1.43. The molecule has 0 saturated carbocycles. The van der Waals surface area contributed by atoms with Crippen LogP contribution in [0, 0.1) is 5.92 Å². The molecule has 37 heavy (non-hydrogen) atoms. The lowest BCUT2D eigenvalue weighted by Crippen LogP contribution is -2.49. The molecule has 0 amide bonds. The Kier molecular flexibility index (Phi) is 10.1. The smallest absolute Gasteiger partial charge is 0.353 e. The molecule has 1 aromatic heterocycles. The molecule has 1 aromatic rings. The van der Waals surface area contributed by atoms with Crippen LogP contribution in [0.5, 0.6) is 0 Å². The first-order valence-corrected chi connectivity index (χ1v) is 11.9. The van der Waals surface area contributed by atoms with Crippen molar-refractivity contribution in [2.75, 3.05) is 51.2 Å². The Hall–Kier alpha value is -3.41. The molecule has 1 N–H and O–H groups in total. The first-order chi connectivity index (χ1) is 17.7. The number of hydrogen-bond donors (Lipinski definition) is 1. The SMILES string of the molecule is CCNC.F/C1=C/C=CC(C2=NC(N3CCN(c4ncccc4C(F)(F)F)CC3)=NC=NC2)/C=C(/F)C1. The van der Waals surface area contributed by atoms with Crippen LogP contribution in [0.4, 0.5) is 27.8 Å². The van der Waals surface area contributed by atoms with Gasteiger partial charge in [-0.05, 0) is 37.9 Å². The number of aliphatic imine (C=N–C) groups is 3. The van der Waals surface area contributed by atoms with Crippen LogP contribution >= 0.6 is 0 Å². The Bertz CT molecular complexity index is 1090. The largest absolute Gasteiger partial charge is 0.419 e. The van der Waals surface area contributed by atoms with Gasteiger partial charge >= 0.3 is 6.18 Å². The Morgan fingerprint density at radius 3 is 2.46 bits per heavy atom. The van der Waals surface area contributed by atoms with Crippen LogP contribution in [0.1, 0.15) is 18.9 Å². The molecule has 2 aliphatic heterocycles. The van der Waals surface area contributed by atoms with E-state index in [0.29, 0.717) is 37.9 Å². The zero-order valence-electron chi connectivity index (χ0n) is 20.7. The van der Waals surface area contributed by atoms with Gasteiger partial charge in [-0.2, -0.15) is 13.2 Å². The minimum atomic E-state index is -4.49. The van der Waals surface area contributed by atoms with Gasteiger partial charge in [0.1, 0.15) is 23.8 Å². The fraction of sp³-hybridized carbons (Fsp3) is 0.440. The summed E-state index contributed by atoms with van der Waals surface area (Å²) in [4.78, 5) is 20.4. The van der Waals surface area contributed by atoms with Crippen molar-refractivity contribution in [1.29, 1.82) is 0 Å². The van der Waals surface area contributed by atoms with Gasteiger partial charge in [0.05, 0.1) is 24.2 Å². The fourth-order valence-electron chi connectivity index (χ4n) is 3.76. The summed E-state index contributed by atoms with van der Waals surface area (Å²) in [6.07, 6.45) is 3.47. The lowest BCUT2D eigenvalue weighted by molar-refractivity contribution is -0.137. The van der Waals surface area contributed by atoms with Gasteiger partial charge in [-0.3, -0.25) is 4.99 Å². The van der Waals surface area contributed by atoms with E-state index >= 15 is 0 Å². The van der Waals surface area contributed by atoms with Gasteiger partial charge in [0.2, 0.25) is 5.96 Å². The topological polar surface area (TPSA) is 68.5 Å². The molecule has 1 aliphatic carbocycles. The summed E-state index contributed by atoms with van der Waals surface area (Å²) < 4.78 is 67.6. The predicted molar refractivity (Wildman–Crippen MR) is 136 cm³/mol. The molecular weight excluding hydrogens is 493 g/mol. The summed E-state index contributed by atoms with van der Waals surface area (Å²) in [7, 11) is 1.93. The monoisotopic (exact) mass is 523 g/mol. The van der Waals surface area contributed by atoms with Crippen molar-refractivity contribution in [3.8, 4) is 0 Å². The van der Waals surface area contributed by atoms with Gasteiger partial charge in [0.25, 0.3) is 0 Å². The van der Waals surface area contributed by atoms with E-state index in [1.165, 1.54) is 36.8 Å². The number of halogens is 5. The Morgan fingerprint density at radius 2 is 1.78 bits per heavy atom. The number of nitrogens with zero attached hydrogens (tertiary/aromatic N) is 6. The van der Waals surface area contributed by atoms with Crippen molar-refractivity contribution >= 4 is 23.8 Å². The van der Waals surface area contributed by atoms with Crippen molar-refractivity contribution < 1.29 is 22.0 Å². The number of guanidine groups is 1. The fourth-order valence-corrected chi connectivity index (χ4v) is 3.76. The summed E-state index contributed by atoms with van der Waals surface area (Å²) in [6.45, 7) is 4.67. The number of allylic oxidation sites excluding steroid dienone is 6. The zero-order valence-corrected chi connectivity index (χ0v) is 20.7. The van der Waals surface area contributed by atoms with Crippen molar-refractivity contribution in [2.45, 2.75) is 19.5 Å². The number of aromatic nitrogens is 1. The number of hydrogen-bond acceptors (Lipinski definition) is 7. The molecule has 1 fully saturated rings. The first-order valence-electron chi connectivity index (χ1n) is 11.9. The van der Waals surface area contributed by atoms with Crippen LogP contribution in [-0.4, -0.2) is 74.2 Å². The van der Waals surface area contributed by atoms with Crippen molar-refractivity contribution in [3.63, 3.8) is 0 Å². The summed E-state index contributed by atoms with van der Waals surface area (Å²) >= 11 is 0. The summed E-state index contributed by atoms with van der Waals surface area (Å²) in [6, 6.07) is 2.29. The van der Waals surface area contributed by atoms with E-state index in [9.17, 15) is 22.0 Å². The number of pyridine rings is 1. The van der Waals surface area contributed by atoms with E-state index in [1.54, 1.807) is 11.0 Å². The third-order valence-electron chi connectivity index (χ3n) is 5.74. The van der Waals surface area contributed by atoms with Crippen LogP contribution in [0.25, 0.3) is 0 Å². The van der Waals surface area contributed by atoms with Gasteiger partial charge in [0.15, 0.2) is 0 Å². The molecule has 0 bridgehead atoms. The molecule has 3 heterocycles. The van der Waals surface area contributed by atoms with Gasteiger partial charge in [-0.25, -0.2) is 23.7 Å². The highest BCUT2D eigenvalue weighted by Crippen LogP contribution is 2.35. The van der Waals surface area contributed by atoms with Gasteiger partial charge in [0, 0.05) is 38.3 Å². The summed E-state index contributed by atoms with van der Waals surface area (Å²) in [5, 5.41) is 2.93. The Labute approximate surface area is 212 Å². The van der Waals surface area contributed by atoms with Crippen molar-refractivity contribution in [3.05, 3.63) is 59.9 Å². The van der Waals surface area contributed by atoms with Crippen LogP contribution in [0.3, 0.4) is 0 Å². The third-order valence-corrected chi connectivity index (χ3v) is 5.74. The van der Waals surface area contributed by atoms with Crippen LogP contribution in [0.15, 0.2) is 69.3 Å². The maximum absolute atomic E-state index is 14.1. The van der Waals surface area contributed by atoms with E-state index in [2.05, 4.69) is 32.2 Å². The molecule has 1 saturated heterocycles. The molecule has 7 nitrogen and oxygen atoms in total. The van der Waals surface area contributed by atoms with E-state index in [4.69, 9.17) is 0 Å². The summed E-state index contributed by atoms with van der Waals surface area (Å²) in [5.41, 5.74) is -0.232. The van der Waals surface area contributed by atoms with Gasteiger partial charge in [-0.15, -0.1) is 0 Å². The van der Waals surface area contributed by atoms with Crippen LogP contribution in [-0.2, 0) is 6.18 Å². The molecule has 0 radical (unpaired) electrons. The second kappa shape index (κ2) is 13.2. The van der Waals surface area contributed by atoms with Crippen LogP contribution in [0.2, 0.25) is 0 Å². The molecule has 4 rings (SSSR count). The lowest BCUT2D eigenvalue weighted by Gasteiger charge is -2.36. The maximum Gasteiger partial charge on any atom is 0.419 e. The zero-order chi connectivity index (χ0) is 26.8. The number of alkyl halides is 3. The highest BCUT2D eigenvalue weighted by Gasteiger charge is 2.36. The van der Waals surface area contributed by atoms with Gasteiger partial charge in [-0.1, -0.05) is 19.1 Å². The molecule has 12 heteroatoms. The normalized spacial score (nSPS) is 23.3. The number of anilines is 1. The van der Waals surface area contributed by atoms with E-state index in [0.717, 1.165) is 12.6 Å². The Balaban J connectivity index is 0.000000886. The van der Waals surface area contributed by atoms with Crippen molar-refractivity contribution in [1.82, 2.24) is 15.2 Å². The minimum absolute atomic E-state index is 0.0984. The molecule has 0 spiro atoms. The van der Waals surface area contributed by atoms with Gasteiger partial charge < -0.3 is 15.1 Å². The Morgan fingerprint density at radius 1 is 1.08 bits per heavy atom. The standard InChI is InChI=1S/C22H21F5N6.C3H9N/c23-16-4-1-3-15(11-17(24)12-16)19-13-28-14-30-21(31-19)33-9-7-32(8-10-33)20-18(22(25,26)27)5-2-6-29-20;1-3-4-2/h1-6,11,14-15H,7-10,12-13H2;4H,3H2,1-2H3/b3-1?,16-4+,17-11+;. The van der Waals surface area contributed by atoms with E-state index in [1.807, 2.05) is 11.9 Å². The third kappa shape index (κ3) is 8.04. The number of rotatable bonds is 3. The number of nitrogens with one attached hydrogen (secondary N) is 1. The second-order valence-corrected chi connectivity index (χ2v) is 8.36. The maximum atomic E-state index is 14.1. The van der Waals surface area contributed by atoms with E-state index < -0.39 is 35.7 Å². The molecule has 200 valence electrons. The highest BCUT2D eigenvalue weighted by atomic mass is 19.4. The second-order valence-electron chi connectivity index (χ2n) is 8.36. The predicted octanol–water partition coefficient (Wildman–Crippen LogP) is 4.57. The quantitative estimate of drug-likeness (QED) is 0.590. The molecular formula is C25H30F5N7. The number of piperazine rings is 1. The molecule has 1 unspecified atom stereocenters. The average molecular weight is 524 g/mol. The minimum Gasteiger partial charge on any atom is -0.353 e. The molecule has 1 atom stereocenters. The van der Waals surface area contributed by atoms with E-state index in [-0.39, 0.29) is 12.4 Å². The highest BCUT2D eigenvalue weighted by molar-refractivity contribution is 6.04. The molecule has 3 aliphatic rings. The average Bonchev–Trinajstić information content (AvgIpc) is 3.13. The molecule has 0 aromatic carbocycles.